The summed E-state index contributed by atoms with van der Waals surface area (Å²) in [6.07, 6.45) is 1.32. The molecule has 0 bridgehead atoms. The summed E-state index contributed by atoms with van der Waals surface area (Å²) in [5.41, 5.74) is 2.33. The van der Waals surface area contributed by atoms with Crippen molar-refractivity contribution in [2.24, 2.45) is 4.99 Å². The summed E-state index contributed by atoms with van der Waals surface area (Å²) in [6, 6.07) is 6.32. The second-order valence-corrected chi connectivity index (χ2v) is 5.97. The van der Waals surface area contributed by atoms with Gasteiger partial charge in [0, 0.05) is 19.6 Å². The number of amides is 1. The minimum atomic E-state index is -0.0501. The average molecular weight is 306 g/mol. The van der Waals surface area contributed by atoms with Gasteiger partial charge in [-0.25, -0.2) is 0 Å². The molecule has 5 heteroatoms. The van der Waals surface area contributed by atoms with Crippen molar-refractivity contribution in [2.75, 3.05) is 13.2 Å². The van der Waals surface area contributed by atoms with Crippen LogP contribution in [0.1, 0.15) is 32.3 Å². The van der Waals surface area contributed by atoms with E-state index in [9.17, 15) is 4.79 Å². The summed E-state index contributed by atoms with van der Waals surface area (Å²) in [6.45, 7) is 8.09. The summed E-state index contributed by atoms with van der Waals surface area (Å²) >= 11 is 1.57. The van der Waals surface area contributed by atoms with Gasteiger partial charge in [-0.3, -0.25) is 4.79 Å². The van der Waals surface area contributed by atoms with E-state index in [0.717, 1.165) is 28.0 Å². The number of benzene rings is 1. The highest BCUT2D eigenvalue weighted by atomic mass is 32.1. The number of aromatic nitrogens is 1. The lowest BCUT2D eigenvalue weighted by Gasteiger charge is -2.05. The Kier molecular flexibility index (Phi) is 5.70. The number of rotatable bonds is 6. The maximum Gasteiger partial charge on any atom is 0.248 e. The average Bonchev–Trinajstić information content (AvgIpc) is 2.76. The molecule has 0 N–H and O–H groups in total. The highest BCUT2D eigenvalue weighted by molar-refractivity contribution is 7.16. The van der Waals surface area contributed by atoms with Crippen molar-refractivity contribution in [3.63, 3.8) is 0 Å². The molecule has 1 aromatic heterocycles. The second kappa shape index (κ2) is 7.52. The normalized spacial score (nSPS) is 12.2. The van der Waals surface area contributed by atoms with Crippen molar-refractivity contribution < 1.29 is 9.53 Å². The van der Waals surface area contributed by atoms with Crippen LogP contribution in [-0.2, 0) is 16.1 Å². The summed E-state index contributed by atoms with van der Waals surface area (Å²) in [5, 5.41) is 0. The van der Waals surface area contributed by atoms with E-state index in [1.165, 1.54) is 5.56 Å². The lowest BCUT2D eigenvalue weighted by Crippen LogP contribution is -2.19. The number of hydrogen-bond acceptors (Lipinski definition) is 3. The van der Waals surface area contributed by atoms with Crippen LogP contribution in [0.5, 0.6) is 0 Å². The SMILES string of the molecule is CCCC(=O)N=c1sc2cc(C)ccc2n1CCOCC. The summed E-state index contributed by atoms with van der Waals surface area (Å²) < 4.78 is 8.69. The van der Waals surface area contributed by atoms with Gasteiger partial charge in [-0.1, -0.05) is 24.3 Å². The van der Waals surface area contributed by atoms with Crippen molar-refractivity contribution in [3.05, 3.63) is 28.6 Å². The second-order valence-electron chi connectivity index (χ2n) is 4.96. The fourth-order valence-electron chi connectivity index (χ4n) is 2.16. The summed E-state index contributed by atoms with van der Waals surface area (Å²) in [4.78, 5) is 16.9. The number of hydrogen-bond donors (Lipinski definition) is 0. The Labute approximate surface area is 129 Å². The molecular weight excluding hydrogens is 284 g/mol. The fourth-order valence-corrected chi connectivity index (χ4v) is 3.33. The van der Waals surface area contributed by atoms with E-state index in [2.05, 4.69) is 34.7 Å². The van der Waals surface area contributed by atoms with Crippen molar-refractivity contribution in [3.8, 4) is 0 Å². The van der Waals surface area contributed by atoms with Crippen LogP contribution >= 0.6 is 11.3 Å². The Morgan fingerprint density at radius 3 is 2.90 bits per heavy atom. The number of ether oxygens (including phenoxy) is 1. The lowest BCUT2D eigenvalue weighted by molar-refractivity contribution is -0.118. The molecule has 1 aromatic carbocycles. The Balaban J connectivity index is 2.46. The van der Waals surface area contributed by atoms with Crippen molar-refractivity contribution >= 4 is 27.5 Å². The third-order valence-electron chi connectivity index (χ3n) is 3.19. The van der Waals surface area contributed by atoms with Gasteiger partial charge in [-0.05, 0) is 38.0 Å². The molecule has 0 saturated carbocycles. The zero-order chi connectivity index (χ0) is 15.2. The minimum absolute atomic E-state index is 0.0501. The van der Waals surface area contributed by atoms with Gasteiger partial charge < -0.3 is 9.30 Å². The molecule has 0 atom stereocenters. The highest BCUT2D eigenvalue weighted by Crippen LogP contribution is 2.19. The standard InChI is InChI=1S/C16H22N2O2S/c1-4-6-15(19)17-16-18(9-10-20-5-2)13-8-7-12(3)11-14(13)21-16/h7-8,11H,4-6,9-10H2,1-3H3. The molecule has 0 aliphatic heterocycles. The topological polar surface area (TPSA) is 43.6 Å². The van der Waals surface area contributed by atoms with E-state index >= 15 is 0 Å². The van der Waals surface area contributed by atoms with Crippen LogP contribution < -0.4 is 4.80 Å². The molecule has 1 heterocycles. The van der Waals surface area contributed by atoms with E-state index in [0.29, 0.717) is 19.6 Å². The van der Waals surface area contributed by atoms with E-state index in [-0.39, 0.29) is 5.91 Å². The van der Waals surface area contributed by atoms with Crippen LogP contribution in [0.3, 0.4) is 0 Å². The first-order chi connectivity index (χ1) is 10.2. The Bertz CT molecular complexity index is 685. The molecule has 2 rings (SSSR count). The predicted octanol–water partition coefficient (Wildman–Crippen LogP) is 3.28. The molecule has 2 aromatic rings. The van der Waals surface area contributed by atoms with E-state index < -0.39 is 0 Å². The predicted molar refractivity (Wildman–Crippen MR) is 86.5 cm³/mol. The molecule has 0 fully saturated rings. The Morgan fingerprint density at radius 1 is 1.38 bits per heavy atom. The molecule has 0 aliphatic carbocycles. The van der Waals surface area contributed by atoms with Gasteiger partial charge in [-0.15, -0.1) is 0 Å². The highest BCUT2D eigenvalue weighted by Gasteiger charge is 2.08. The van der Waals surface area contributed by atoms with Gasteiger partial charge in [0.2, 0.25) is 5.91 Å². The van der Waals surface area contributed by atoms with Gasteiger partial charge >= 0.3 is 0 Å². The zero-order valence-electron chi connectivity index (χ0n) is 12.9. The molecule has 4 nitrogen and oxygen atoms in total. The molecule has 21 heavy (non-hydrogen) atoms. The van der Waals surface area contributed by atoms with Crippen molar-refractivity contribution in [1.29, 1.82) is 0 Å². The van der Waals surface area contributed by atoms with Crippen LogP contribution in [0.15, 0.2) is 23.2 Å². The van der Waals surface area contributed by atoms with E-state index in [1.807, 2.05) is 13.8 Å². The van der Waals surface area contributed by atoms with Gasteiger partial charge in [0.1, 0.15) is 0 Å². The van der Waals surface area contributed by atoms with Crippen LogP contribution in [0.2, 0.25) is 0 Å². The quantitative estimate of drug-likeness (QED) is 0.769. The lowest BCUT2D eigenvalue weighted by atomic mass is 10.2. The number of fused-ring (bicyclic) bond motifs is 1. The number of carbonyl (C=O) groups excluding carboxylic acids is 1. The zero-order valence-corrected chi connectivity index (χ0v) is 13.7. The number of carbonyl (C=O) groups is 1. The van der Waals surface area contributed by atoms with Crippen LogP contribution in [0, 0.1) is 6.92 Å². The van der Waals surface area contributed by atoms with Crippen LogP contribution in [-0.4, -0.2) is 23.7 Å². The van der Waals surface area contributed by atoms with Crippen LogP contribution in [0.25, 0.3) is 10.2 Å². The molecule has 0 unspecified atom stereocenters. The summed E-state index contributed by atoms with van der Waals surface area (Å²) in [7, 11) is 0. The number of nitrogens with zero attached hydrogens (tertiary/aromatic N) is 2. The molecule has 114 valence electrons. The molecule has 0 spiro atoms. The third-order valence-corrected chi connectivity index (χ3v) is 4.23. The van der Waals surface area contributed by atoms with Gasteiger partial charge in [0.15, 0.2) is 4.80 Å². The summed E-state index contributed by atoms with van der Waals surface area (Å²) in [5.74, 6) is -0.0501. The first-order valence-corrected chi connectivity index (χ1v) is 8.22. The largest absolute Gasteiger partial charge is 0.380 e. The molecule has 1 amide bonds. The first-order valence-electron chi connectivity index (χ1n) is 7.41. The number of thiazole rings is 1. The first kappa shape index (κ1) is 15.9. The van der Waals surface area contributed by atoms with Gasteiger partial charge in [-0.2, -0.15) is 4.99 Å². The van der Waals surface area contributed by atoms with Gasteiger partial charge in [0.25, 0.3) is 0 Å². The maximum atomic E-state index is 11.8. The number of aryl methyl sites for hydroxylation is 1. The fraction of sp³-hybridized carbons (Fsp3) is 0.500. The van der Waals surface area contributed by atoms with E-state index in [1.54, 1.807) is 11.3 Å². The van der Waals surface area contributed by atoms with Crippen LogP contribution in [0.4, 0.5) is 0 Å². The van der Waals surface area contributed by atoms with E-state index in [4.69, 9.17) is 4.74 Å². The van der Waals surface area contributed by atoms with Crippen molar-refractivity contribution in [1.82, 2.24) is 4.57 Å². The smallest absolute Gasteiger partial charge is 0.248 e. The molecular formula is C16H22N2O2S. The minimum Gasteiger partial charge on any atom is -0.380 e. The molecule has 0 aliphatic rings. The molecule has 0 radical (unpaired) electrons. The Hall–Kier alpha value is -1.46. The molecule has 0 saturated heterocycles. The third kappa shape index (κ3) is 4.02. The van der Waals surface area contributed by atoms with Gasteiger partial charge in [0.05, 0.1) is 16.8 Å². The Morgan fingerprint density at radius 2 is 2.19 bits per heavy atom. The van der Waals surface area contributed by atoms with Crippen molar-refractivity contribution in [2.45, 2.75) is 40.2 Å². The monoisotopic (exact) mass is 306 g/mol. The maximum absolute atomic E-state index is 11.8.